The molecule has 11 heteroatoms. The molecule has 9 nitrogen and oxygen atoms in total. The van der Waals surface area contributed by atoms with E-state index >= 15 is 0 Å². The van der Waals surface area contributed by atoms with Gasteiger partial charge in [-0.05, 0) is 49.6 Å². The Hall–Kier alpha value is -3.89. The summed E-state index contributed by atoms with van der Waals surface area (Å²) in [7, 11) is 1.32. The van der Waals surface area contributed by atoms with Crippen LogP contribution in [0.5, 0.6) is 11.5 Å². The van der Waals surface area contributed by atoms with Crippen molar-refractivity contribution in [1.29, 1.82) is 0 Å². The van der Waals surface area contributed by atoms with Crippen LogP contribution in [0.4, 0.5) is 0 Å². The minimum absolute atomic E-state index is 0.203. The molecule has 2 aromatic carbocycles. The zero-order chi connectivity index (χ0) is 28.8. The van der Waals surface area contributed by atoms with Crippen molar-refractivity contribution in [3.05, 3.63) is 89.6 Å². The van der Waals surface area contributed by atoms with Gasteiger partial charge in [-0.2, -0.15) is 0 Å². The minimum Gasteiger partial charge on any atom is -0.490 e. The maximum absolute atomic E-state index is 13.8. The third-order valence-corrected chi connectivity index (χ3v) is 7.30. The van der Waals surface area contributed by atoms with E-state index in [-0.39, 0.29) is 29.5 Å². The Morgan fingerprint density at radius 1 is 1.10 bits per heavy atom. The van der Waals surface area contributed by atoms with Gasteiger partial charge < -0.3 is 18.9 Å². The Bertz CT molecular complexity index is 1630. The molecule has 40 heavy (non-hydrogen) atoms. The number of esters is 2. The monoisotopic (exact) mass is 584 g/mol. The third-order valence-electron chi connectivity index (χ3n) is 6.03. The predicted octanol–water partition coefficient (Wildman–Crippen LogP) is 3.79. The number of carbonyl (C=O) groups is 2. The third kappa shape index (κ3) is 5.97. The number of thiazole rings is 1. The van der Waals surface area contributed by atoms with E-state index in [4.69, 9.17) is 30.5 Å². The highest BCUT2D eigenvalue weighted by Crippen LogP contribution is 2.37. The number of fused-ring (bicyclic) bond motifs is 1. The first-order valence-electron chi connectivity index (χ1n) is 12.8. The molecule has 0 saturated carbocycles. The molecule has 0 aliphatic carbocycles. The van der Waals surface area contributed by atoms with Crippen molar-refractivity contribution in [3.8, 4) is 11.5 Å². The van der Waals surface area contributed by atoms with Crippen LogP contribution in [-0.2, 0) is 19.1 Å². The van der Waals surface area contributed by atoms with Crippen molar-refractivity contribution in [2.45, 2.75) is 33.2 Å². The molecule has 1 aromatic heterocycles. The van der Waals surface area contributed by atoms with Crippen LogP contribution < -0.4 is 24.4 Å². The van der Waals surface area contributed by atoms with Crippen molar-refractivity contribution in [2.24, 2.45) is 4.99 Å². The molecule has 0 bridgehead atoms. The van der Waals surface area contributed by atoms with Gasteiger partial charge in [-0.15, -0.1) is 0 Å². The number of allylic oxidation sites excluding steroid dienone is 1. The normalized spacial score (nSPS) is 14.8. The molecule has 210 valence electrons. The van der Waals surface area contributed by atoms with Gasteiger partial charge in [-0.1, -0.05) is 60.2 Å². The number of ether oxygens (including phenoxy) is 4. The molecule has 0 unspecified atom stereocenters. The largest absolute Gasteiger partial charge is 0.490 e. The van der Waals surface area contributed by atoms with E-state index < -0.39 is 18.0 Å². The Morgan fingerprint density at radius 3 is 2.50 bits per heavy atom. The number of carbonyl (C=O) groups excluding carboxylic acids is 2. The molecule has 2 heterocycles. The summed E-state index contributed by atoms with van der Waals surface area (Å²) in [5.74, 6) is -0.538. The zero-order valence-corrected chi connectivity index (χ0v) is 24.1. The number of methoxy groups -OCH3 is 1. The first-order valence-corrected chi connectivity index (χ1v) is 13.9. The maximum Gasteiger partial charge on any atom is 0.344 e. The number of rotatable bonds is 10. The van der Waals surface area contributed by atoms with Crippen LogP contribution in [0, 0.1) is 0 Å². The Balaban J connectivity index is 1.84. The van der Waals surface area contributed by atoms with Gasteiger partial charge in [0.2, 0.25) is 0 Å². The zero-order valence-electron chi connectivity index (χ0n) is 22.6. The lowest BCUT2D eigenvalue weighted by atomic mass is 9.95. The summed E-state index contributed by atoms with van der Waals surface area (Å²) in [6.07, 6.45) is 2.17. The molecule has 0 saturated heterocycles. The van der Waals surface area contributed by atoms with E-state index in [0.29, 0.717) is 44.9 Å². The SMILES string of the molecule is CCOC(=O)COc1c(Cl)cc(/C=c2\sc3n(c2=O)[C@H](c2ccccc2)C(C(=O)OC)=C(CC)N=3)cc1OCC. The second-order valence-electron chi connectivity index (χ2n) is 8.56. The van der Waals surface area contributed by atoms with Crippen LogP contribution in [0.25, 0.3) is 6.08 Å². The molecule has 4 rings (SSSR count). The lowest BCUT2D eigenvalue weighted by molar-refractivity contribution is -0.145. The summed E-state index contributed by atoms with van der Waals surface area (Å²) in [6.45, 7) is 5.65. The van der Waals surface area contributed by atoms with Gasteiger partial charge in [0, 0.05) is 0 Å². The number of aromatic nitrogens is 1. The molecular weight excluding hydrogens is 556 g/mol. The molecule has 0 fully saturated rings. The fourth-order valence-electron chi connectivity index (χ4n) is 4.37. The van der Waals surface area contributed by atoms with E-state index in [1.54, 1.807) is 25.1 Å². The van der Waals surface area contributed by atoms with Crippen LogP contribution in [0.2, 0.25) is 5.02 Å². The fourth-order valence-corrected chi connectivity index (χ4v) is 5.67. The molecule has 0 amide bonds. The highest BCUT2D eigenvalue weighted by Gasteiger charge is 2.33. The summed E-state index contributed by atoms with van der Waals surface area (Å²) < 4.78 is 23.2. The van der Waals surface area contributed by atoms with Crippen molar-refractivity contribution in [2.75, 3.05) is 26.9 Å². The standard InChI is InChI=1S/C29H29ClN2O7S/c1-5-20-24(28(35)36-4)25(18-11-9-8-10-12-18)32-27(34)22(40-29(32)31-20)15-17-13-19(30)26(21(14-17)37-6-2)39-16-23(33)38-7-3/h8-15,25H,5-7,16H2,1-4H3/b22-15-/t25-/m1/s1. The van der Waals surface area contributed by atoms with E-state index in [0.717, 1.165) is 5.56 Å². The van der Waals surface area contributed by atoms with Crippen LogP contribution in [0.3, 0.4) is 0 Å². The minimum atomic E-state index is -0.691. The van der Waals surface area contributed by atoms with Gasteiger partial charge in [-0.25, -0.2) is 14.6 Å². The maximum atomic E-state index is 13.8. The summed E-state index contributed by atoms with van der Waals surface area (Å²) in [5.41, 5.74) is 1.94. The predicted molar refractivity (Wildman–Crippen MR) is 152 cm³/mol. The smallest absolute Gasteiger partial charge is 0.344 e. The first-order chi connectivity index (χ1) is 19.3. The van der Waals surface area contributed by atoms with Crippen LogP contribution in [-0.4, -0.2) is 43.4 Å². The first kappa shape index (κ1) is 29.1. The molecule has 1 atom stereocenters. The van der Waals surface area contributed by atoms with Crippen LogP contribution in [0.1, 0.15) is 44.4 Å². The second-order valence-corrected chi connectivity index (χ2v) is 9.97. The average Bonchev–Trinajstić information content (AvgIpc) is 3.26. The number of nitrogens with zero attached hydrogens (tertiary/aromatic N) is 2. The highest BCUT2D eigenvalue weighted by molar-refractivity contribution is 7.07. The van der Waals surface area contributed by atoms with Gasteiger partial charge >= 0.3 is 11.9 Å². The quantitative estimate of drug-likeness (QED) is 0.334. The molecule has 3 aromatic rings. The van der Waals surface area contributed by atoms with Crippen molar-refractivity contribution >= 4 is 41.0 Å². The number of hydrogen-bond donors (Lipinski definition) is 0. The molecular formula is C29H29ClN2O7S. The van der Waals surface area contributed by atoms with E-state index in [2.05, 4.69) is 4.99 Å². The van der Waals surface area contributed by atoms with Crippen LogP contribution >= 0.6 is 22.9 Å². The number of halogens is 1. The summed E-state index contributed by atoms with van der Waals surface area (Å²) in [5, 5.41) is 0.206. The van der Waals surface area contributed by atoms with Gasteiger partial charge in [0.25, 0.3) is 5.56 Å². The molecule has 1 aliphatic rings. The fraction of sp³-hybridized carbons (Fsp3) is 0.310. The summed E-state index contributed by atoms with van der Waals surface area (Å²) in [6, 6.07) is 11.9. The van der Waals surface area contributed by atoms with Crippen molar-refractivity contribution in [3.63, 3.8) is 0 Å². The van der Waals surface area contributed by atoms with E-state index in [1.807, 2.05) is 44.2 Å². The number of hydrogen-bond acceptors (Lipinski definition) is 9. The van der Waals surface area contributed by atoms with E-state index in [9.17, 15) is 14.4 Å². The Kier molecular flexibility index (Phi) is 9.44. The summed E-state index contributed by atoms with van der Waals surface area (Å²) in [4.78, 5) is 43.7. The summed E-state index contributed by atoms with van der Waals surface area (Å²) >= 11 is 7.73. The Labute approximate surface area is 239 Å². The molecule has 1 aliphatic heterocycles. The Morgan fingerprint density at radius 2 is 1.85 bits per heavy atom. The number of benzene rings is 2. The lowest BCUT2D eigenvalue weighted by Crippen LogP contribution is -2.40. The lowest BCUT2D eigenvalue weighted by Gasteiger charge is -2.25. The average molecular weight is 585 g/mol. The van der Waals surface area contributed by atoms with Crippen molar-refractivity contribution in [1.82, 2.24) is 4.57 Å². The van der Waals surface area contributed by atoms with Gasteiger partial charge in [-0.3, -0.25) is 9.36 Å². The van der Waals surface area contributed by atoms with Gasteiger partial charge in [0.05, 0.1) is 47.2 Å². The molecule has 0 N–H and O–H groups in total. The van der Waals surface area contributed by atoms with Crippen LogP contribution in [0.15, 0.2) is 63.5 Å². The molecule has 0 spiro atoms. The topological polar surface area (TPSA) is 105 Å². The van der Waals surface area contributed by atoms with Crippen molar-refractivity contribution < 1.29 is 28.5 Å². The second kappa shape index (κ2) is 13.0. The molecule has 0 radical (unpaired) electrons. The highest BCUT2D eigenvalue weighted by atomic mass is 35.5. The van der Waals surface area contributed by atoms with E-state index in [1.165, 1.54) is 23.0 Å². The van der Waals surface area contributed by atoms with Gasteiger partial charge in [0.1, 0.15) is 0 Å². The van der Waals surface area contributed by atoms with Gasteiger partial charge in [0.15, 0.2) is 22.9 Å².